The van der Waals surface area contributed by atoms with E-state index in [1.165, 1.54) is 0 Å². The lowest BCUT2D eigenvalue weighted by molar-refractivity contribution is -0.135. The Morgan fingerprint density at radius 2 is 1.77 bits per heavy atom. The molecule has 0 radical (unpaired) electrons. The highest BCUT2D eigenvalue weighted by Gasteiger charge is 2.37. The van der Waals surface area contributed by atoms with E-state index in [0.717, 1.165) is 76.9 Å². The lowest BCUT2D eigenvalue weighted by atomic mass is 9.98. The van der Waals surface area contributed by atoms with Crippen LogP contribution in [0.25, 0.3) is 0 Å². The molecular formula is C24H36N4O3. The van der Waals surface area contributed by atoms with Gasteiger partial charge in [-0.25, -0.2) is 4.79 Å². The Morgan fingerprint density at radius 3 is 2.52 bits per heavy atom. The zero-order chi connectivity index (χ0) is 21.5. The number of hydrogen-bond donors (Lipinski definition) is 2. The van der Waals surface area contributed by atoms with Crippen LogP contribution in [0.3, 0.4) is 0 Å². The molecule has 4 rings (SSSR count). The summed E-state index contributed by atoms with van der Waals surface area (Å²) in [6.45, 7) is 5.25. The molecule has 31 heavy (non-hydrogen) atoms. The minimum absolute atomic E-state index is 0.134. The van der Waals surface area contributed by atoms with E-state index in [-0.39, 0.29) is 11.9 Å². The van der Waals surface area contributed by atoms with E-state index >= 15 is 0 Å². The van der Waals surface area contributed by atoms with E-state index < -0.39 is 0 Å². The highest BCUT2D eigenvalue weighted by Crippen LogP contribution is 2.32. The number of amides is 3. The quantitative estimate of drug-likeness (QED) is 0.667. The first-order chi connectivity index (χ1) is 15.2. The van der Waals surface area contributed by atoms with Gasteiger partial charge in [0.2, 0.25) is 5.91 Å². The molecule has 3 aliphatic rings. The van der Waals surface area contributed by atoms with Gasteiger partial charge in [0.15, 0.2) is 0 Å². The first-order valence-corrected chi connectivity index (χ1v) is 11.9. The summed E-state index contributed by atoms with van der Waals surface area (Å²) >= 11 is 0. The number of benzene rings is 1. The fourth-order valence-corrected chi connectivity index (χ4v) is 4.83. The highest BCUT2D eigenvalue weighted by molar-refractivity contribution is 5.81. The maximum atomic E-state index is 12.6. The molecule has 2 N–H and O–H groups in total. The summed E-state index contributed by atoms with van der Waals surface area (Å²) in [6, 6.07) is 10.6. The van der Waals surface area contributed by atoms with Gasteiger partial charge in [0.05, 0.1) is 0 Å². The summed E-state index contributed by atoms with van der Waals surface area (Å²) in [5.41, 5.74) is 1.09. The normalized spacial score (nSPS) is 22.4. The standard InChI is InChI=1S/C24H36N4O3/c29-23(20-8-9-20)27-13-4-7-22(18-27)28(21-10-15-31-16-11-21)14-12-25-24(30)26-17-19-5-2-1-3-6-19/h1-3,5-6,20-22H,4,7-18H2,(H2,25,26,30). The Bertz CT molecular complexity index is 719. The second kappa shape index (κ2) is 11.0. The van der Waals surface area contributed by atoms with Gasteiger partial charge in [-0.2, -0.15) is 0 Å². The van der Waals surface area contributed by atoms with Crippen LogP contribution < -0.4 is 10.6 Å². The second-order valence-electron chi connectivity index (χ2n) is 9.03. The third-order valence-electron chi connectivity index (χ3n) is 6.72. The molecule has 1 unspecified atom stereocenters. The van der Waals surface area contributed by atoms with Crippen molar-refractivity contribution in [3.63, 3.8) is 0 Å². The molecule has 1 saturated carbocycles. The van der Waals surface area contributed by atoms with Crippen molar-refractivity contribution >= 4 is 11.9 Å². The molecule has 170 valence electrons. The van der Waals surface area contributed by atoms with Gasteiger partial charge in [-0.15, -0.1) is 0 Å². The van der Waals surface area contributed by atoms with Crippen molar-refractivity contribution in [1.82, 2.24) is 20.4 Å². The van der Waals surface area contributed by atoms with Crippen LogP contribution in [0.2, 0.25) is 0 Å². The summed E-state index contributed by atoms with van der Waals surface area (Å²) in [7, 11) is 0. The van der Waals surface area contributed by atoms with E-state index in [1.54, 1.807) is 0 Å². The average molecular weight is 429 g/mol. The van der Waals surface area contributed by atoms with Crippen LogP contribution in [0.15, 0.2) is 30.3 Å². The Hall–Kier alpha value is -2.12. The molecule has 0 spiro atoms. The van der Waals surface area contributed by atoms with Crippen molar-refractivity contribution in [3.05, 3.63) is 35.9 Å². The number of nitrogens with zero attached hydrogens (tertiary/aromatic N) is 2. The summed E-state index contributed by atoms with van der Waals surface area (Å²) in [5.74, 6) is 0.639. The monoisotopic (exact) mass is 428 g/mol. The molecule has 1 aromatic carbocycles. The van der Waals surface area contributed by atoms with Crippen LogP contribution in [0.1, 0.15) is 44.1 Å². The summed E-state index contributed by atoms with van der Waals surface area (Å²) < 4.78 is 5.58. The van der Waals surface area contributed by atoms with Crippen LogP contribution >= 0.6 is 0 Å². The SMILES string of the molecule is O=C(NCCN(C1CCOCC1)C1CCCN(C(=O)C2CC2)C1)NCc1ccccc1. The summed E-state index contributed by atoms with van der Waals surface area (Å²) in [5, 5.41) is 5.95. The fourth-order valence-electron chi connectivity index (χ4n) is 4.83. The van der Waals surface area contributed by atoms with E-state index in [2.05, 4.69) is 20.4 Å². The number of carbonyl (C=O) groups excluding carboxylic acids is 2. The fraction of sp³-hybridized carbons (Fsp3) is 0.667. The Labute approximate surface area is 185 Å². The molecular weight excluding hydrogens is 392 g/mol. The minimum Gasteiger partial charge on any atom is -0.381 e. The predicted octanol–water partition coefficient (Wildman–Crippen LogP) is 2.37. The Balaban J connectivity index is 1.28. The number of carbonyl (C=O) groups is 2. The second-order valence-corrected chi connectivity index (χ2v) is 9.03. The summed E-state index contributed by atoms with van der Waals surface area (Å²) in [6.07, 6.45) is 6.35. The predicted molar refractivity (Wildman–Crippen MR) is 120 cm³/mol. The molecule has 2 heterocycles. The lowest BCUT2D eigenvalue weighted by Gasteiger charge is -2.44. The van der Waals surface area contributed by atoms with Crippen LogP contribution in [-0.2, 0) is 16.1 Å². The van der Waals surface area contributed by atoms with Gasteiger partial charge < -0.3 is 20.3 Å². The zero-order valence-electron chi connectivity index (χ0n) is 18.4. The van der Waals surface area contributed by atoms with E-state index in [4.69, 9.17) is 4.74 Å². The molecule has 3 fully saturated rings. The molecule has 2 saturated heterocycles. The molecule has 0 bridgehead atoms. The number of piperidine rings is 1. The molecule has 7 nitrogen and oxygen atoms in total. The van der Waals surface area contributed by atoms with Crippen LogP contribution in [-0.4, -0.2) is 73.2 Å². The van der Waals surface area contributed by atoms with Gasteiger partial charge in [0, 0.05) is 63.9 Å². The molecule has 0 aromatic heterocycles. The zero-order valence-corrected chi connectivity index (χ0v) is 18.4. The minimum atomic E-state index is -0.134. The number of urea groups is 1. The highest BCUT2D eigenvalue weighted by atomic mass is 16.5. The van der Waals surface area contributed by atoms with E-state index in [9.17, 15) is 9.59 Å². The molecule has 1 atom stereocenters. The smallest absolute Gasteiger partial charge is 0.315 e. The lowest BCUT2D eigenvalue weighted by Crippen LogP contribution is -2.56. The van der Waals surface area contributed by atoms with Gasteiger partial charge in [-0.1, -0.05) is 30.3 Å². The van der Waals surface area contributed by atoms with Crippen LogP contribution in [0.4, 0.5) is 4.79 Å². The average Bonchev–Trinajstić information content (AvgIpc) is 3.67. The number of rotatable bonds is 8. The Kier molecular flexibility index (Phi) is 7.81. The number of likely N-dealkylation sites (tertiary alicyclic amines) is 1. The molecule has 2 aliphatic heterocycles. The van der Waals surface area contributed by atoms with Gasteiger partial charge in [-0.3, -0.25) is 9.69 Å². The van der Waals surface area contributed by atoms with Gasteiger partial charge >= 0.3 is 6.03 Å². The largest absolute Gasteiger partial charge is 0.381 e. The van der Waals surface area contributed by atoms with Crippen molar-refractivity contribution < 1.29 is 14.3 Å². The van der Waals surface area contributed by atoms with Crippen molar-refractivity contribution in [3.8, 4) is 0 Å². The summed E-state index contributed by atoms with van der Waals surface area (Å²) in [4.78, 5) is 29.5. The van der Waals surface area contributed by atoms with Crippen molar-refractivity contribution in [2.24, 2.45) is 5.92 Å². The maximum Gasteiger partial charge on any atom is 0.315 e. The van der Waals surface area contributed by atoms with Gasteiger partial charge in [0.1, 0.15) is 0 Å². The van der Waals surface area contributed by atoms with Crippen molar-refractivity contribution in [1.29, 1.82) is 0 Å². The molecule has 7 heteroatoms. The third-order valence-corrected chi connectivity index (χ3v) is 6.72. The topological polar surface area (TPSA) is 73.9 Å². The first-order valence-electron chi connectivity index (χ1n) is 11.9. The van der Waals surface area contributed by atoms with Gasteiger partial charge in [-0.05, 0) is 44.1 Å². The van der Waals surface area contributed by atoms with Crippen molar-refractivity contribution in [2.45, 2.75) is 57.2 Å². The van der Waals surface area contributed by atoms with Gasteiger partial charge in [0.25, 0.3) is 0 Å². The maximum absolute atomic E-state index is 12.6. The van der Waals surface area contributed by atoms with Crippen molar-refractivity contribution in [2.75, 3.05) is 39.4 Å². The molecule has 3 amide bonds. The number of hydrogen-bond acceptors (Lipinski definition) is 4. The van der Waals surface area contributed by atoms with Crippen LogP contribution in [0.5, 0.6) is 0 Å². The molecule has 1 aliphatic carbocycles. The molecule has 1 aromatic rings. The number of ether oxygens (including phenoxy) is 1. The van der Waals surface area contributed by atoms with E-state index in [0.29, 0.717) is 31.1 Å². The number of nitrogens with one attached hydrogen (secondary N) is 2. The first kappa shape index (κ1) is 22.1. The Morgan fingerprint density at radius 1 is 1.00 bits per heavy atom. The third kappa shape index (κ3) is 6.43. The van der Waals surface area contributed by atoms with Crippen LogP contribution in [0, 0.1) is 5.92 Å². The van der Waals surface area contributed by atoms with E-state index in [1.807, 2.05) is 30.3 Å².